The summed E-state index contributed by atoms with van der Waals surface area (Å²) < 4.78 is 5.36. The van der Waals surface area contributed by atoms with Crippen LogP contribution >= 0.6 is 11.6 Å². The number of methoxy groups -OCH3 is 1. The van der Waals surface area contributed by atoms with E-state index in [2.05, 4.69) is 11.8 Å². The molecule has 28 heavy (non-hydrogen) atoms. The summed E-state index contributed by atoms with van der Waals surface area (Å²) in [4.78, 5) is 28.6. The molecule has 3 rings (SSSR count). The fourth-order valence-corrected chi connectivity index (χ4v) is 3.70. The van der Waals surface area contributed by atoms with Crippen molar-refractivity contribution in [2.24, 2.45) is 0 Å². The maximum absolute atomic E-state index is 12.8. The van der Waals surface area contributed by atoms with Crippen LogP contribution in [0.15, 0.2) is 36.4 Å². The highest BCUT2D eigenvalue weighted by molar-refractivity contribution is 6.30. The standard InChI is InChI=1S/C22H25ClN2O3/c1-15-4-6-19(23)14-20(15)24-8-10-25(11-9-24)22(27)13-18-12-17(16(2)26)5-7-21(18)28-3/h4-7,12,14H,8-11,13H2,1-3H3. The van der Waals surface area contributed by atoms with Crippen LogP contribution in [0.1, 0.15) is 28.4 Å². The highest BCUT2D eigenvalue weighted by atomic mass is 35.5. The first kappa shape index (κ1) is 20.2. The van der Waals surface area contributed by atoms with Gasteiger partial charge in [0.15, 0.2) is 5.78 Å². The van der Waals surface area contributed by atoms with Gasteiger partial charge in [-0.05, 0) is 49.7 Å². The first-order chi connectivity index (χ1) is 13.4. The van der Waals surface area contributed by atoms with Gasteiger partial charge in [0.05, 0.1) is 13.5 Å². The number of anilines is 1. The van der Waals surface area contributed by atoms with Crippen LogP contribution in [-0.4, -0.2) is 49.9 Å². The van der Waals surface area contributed by atoms with E-state index in [1.165, 1.54) is 12.5 Å². The summed E-state index contributed by atoms with van der Waals surface area (Å²) in [5, 5.41) is 0.719. The quantitative estimate of drug-likeness (QED) is 0.717. The molecule has 6 heteroatoms. The third kappa shape index (κ3) is 4.47. The number of nitrogens with zero attached hydrogens (tertiary/aromatic N) is 2. The fraction of sp³-hybridized carbons (Fsp3) is 0.364. The van der Waals surface area contributed by atoms with E-state index in [0.29, 0.717) is 24.4 Å². The van der Waals surface area contributed by atoms with Gasteiger partial charge in [0.2, 0.25) is 5.91 Å². The van der Waals surface area contributed by atoms with Crippen LogP contribution < -0.4 is 9.64 Å². The van der Waals surface area contributed by atoms with Gasteiger partial charge in [0, 0.05) is 48.0 Å². The van der Waals surface area contributed by atoms with Crippen molar-refractivity contribution < 1.29 is 14.3 Å². The molecule has 1 amide bonds. The number of amides is 1. The van der Waals surface area contributed by atoms with Gasteiger partial charge in [-0.25, -0.2) is 0 Å². The Kier molecular flexibility index (Phi) is 6.25. The minimum absolute atomic E-state index is 0.0261. The third-order valence-electron chi connectivity index (χ3n) is 5.17. The summed E-state index contributed by atoms with van der Waals surface area (Å²) >= 11 is 6.14. The van der Waals surface area contributed by atoms with Crippen molar-refractivity contribution in [3.05, 3.63) is 58.1 Å². The second-order valence-electron chi connectivity index (χ2n) is 7.06. The minimum Gasteiger partial charge on any atom is -0.496 e. The molecule has 1 aliphatic rings. The number of carbonyl (C=O) groups is 2. The predicted octanol–water partition coefficient (Wildman–Crippen LogP) is 3.75. The van der Waals surface area contributed by atoms with Crippen molar-refractivity contribution >= 4 is 29.0 Å². The molecule has 2 aromatic rings. The number of ketones is 1. The van der Waals surface area contributed by atoms with E-state index in [0.717, 1.165) is 29.4 Å². The maximum Gasteiger partial charge on any atom is 0.227 e. The van der Waals surface area contributed by atoms with E-state index in [-0.39, 0.29) is 18.1 Å². The number of ether oxygens (including phenoxy) is 1. The lowest BCUT2D eigenvalue weighted by Crippen LogP contribution is -2.49. The Morgan fingerprint density at radius 1 is 1.07 bits per heavy atom. The Morgan fingerprint density at radius 3 is 2.43 bits per heavy atom. The number of hydrogen-bond acceptors (Lipinski definition) is 4. The van der Waals surface area contributed by atoms with Gasteiger partial charge < -0.3 is 14.5 Å². The second-order valence-corrected chi connectivity index (χ2v) is 7.49. The Bertz CT molecular complexity index is 889. The molecule has 1 fully saturated rings. The molecule has 0 saturated carbocycles. The number of hydrogen-bond donors (Lipinski definition) is 0. The van der Waals surface area contributed by atoms with E-state index >= 15 is 0 Å². The number of rotatable bonds is 5. The molecule has 2 aromatic carbocycles. The van der Waals surface area contributed by atoms with Crippen LogP contribution in [0.3, 0.4) is 0 Å². The Hall–Kier alpha value is -2.53. The van der Waals surface area contributed by atoms with Gasteiger partial charge in [-0.2, -0.15) is 0 Å². The molecule has 1 heterocycles. The summed E-state index contributed by atoms with van der Waals surface area (Å²) in [6, 6.07) is 11.1. The molecule has 1 aliphatic heterocycles. The zero-order chi connectivity index (χ0) is 20.3. The van der Waals surface area contributed by atoms with Gasteiger partial charge >= 0.3 is 0 Å². The van der Waals surface area contributed by atoms with Crippen LogP contribution in [0.25, 0.3) is 0 Å². The summed E-state index contributed by atoms with van der Waals surface area (Å²) in [5.74, 6) is 0.648. The van der Waals surface area contributed by atoms with E-state index in [9.17, 15) is 9.59 Å². The molecule has 0 radical (unpaired) electrons. The average Bonchev–Trinajstić information content (AvgIpc) is 2.69. The number of aryl methyl sites for hydroxylation is 1. The van der Waals surface area contributed by atoms with Crippen molar-refractivity contribution in [1.29, 1.82) is 0 Å². The van der Waals surface area contributed by atoms with Gasteiger partial charge in [-0.15, -0.1) is 0 Å². The smallest absolute Gasteiger partial charge is 0.227 e. The first-order valence-corrected chi connectivity index (χ1v) is 9.73. The van der Waals surface area contributed by atoms with Crippen LogP contribution in [0.2, 0.25) is 5.02 Å². The van der Waals surface area contributed by atoms with Crippen LogP contribution in [-0.2, 0) is 11.2 Å². The molecular formula is C22H25ClN2O3. The molecule has 0 bridgehead atoms. The largest absolute Gasteiger partial charge is 0.496 e. The van der Waals surface area contributed by atoms with Crippen molar-refractivity contribution in [3.63, 3.8) is 0 Å². The predicted molar refractivity (Wildman–Crippen MR) is 112 cm³/mol. The topological polar surface area (TPSA) is 49.9 Å². The van der Waals surface area contributed by atoms with Gasteiger partial charge in [0.1, 0.15) is 5.75 Å². The molecule has 0 aromatic heterocycles. The normalized spacial score (nSPS) is 14.1. The molecular weight excluding hydrogens is 376 g/mol. The molecule has 0 unspecified atom stereocenters. The minimum atomic E-state index is -0.0261. The van der Waals surface area contributed by atoms with E-state index in [4.69, 9.17) is 16.3 Å². The third-order valence-corrected chi connectivity index (χ3v) is 5.41. The SMILES string of the molecule is COc1ccc(C(C)=O)cc1CC(=O)N1CCN(c2cc(Cl)ccc2C)CC1. The van der Waals surface area contributed by atoms with Gasteiger partial charge in [0.25, 0.3) is 0 Å². The van der Waals surface area contributed by atoms with Gasteiger partial charge in [-0.1, -0.05) is 17.7 Å². The maximum atomic E-state index is 12.8. The van der Waals surface area contributed by atoms with E-state index < -0.39 is 0 Å². The second kappa shape index (κ2) is 8.65. The number of carbonyl (C=O) groups excluding carboxylic acids is 2. The number of piperazine rings is 1. The Labute approximate surface area is 170 Å². The lowest BCUT2D eigenvalue weighted by Gasteiger charge is -2.37. The number of benzene rings is 2. The summed E-state index contributed by atoms with van der Waals surface area (Å²) in [6.07, 6.45) is 0.223. The summed E-state index contributed by atoms with van der Waals surface area (Å²) in [7, 11) is 1.57. The summed E-state index contributed by atoms with van der Waals surface area (Å²) in [5.41, 5.74) is 3.63. The number of halogens is 1. The van der Waals surface area contributed by atoms with Gasteiger partial charge in [-0.3, -0.25) is 9.59 Å². The lowest BCUT2D eigenvalue weighted by molar-refractivity contribution is -0.130. The molecule has 0 N–H and O–H groups in total. The van der Waals surface area contributed by atoms with Crippen molar-refractivity contribution in [2.45, 2.75) is 20.3 Å². The van der Waals surface area contributed by atoms with E-state index in [1.807, 2.05) is 23.1 Å². The van der Waals surface area contributed by atoms with Crippen LogP contribution in [0.4, 0.5) is 5.69 Å². The monoisotopic (exact) mass is 400 g/mol. The number of Topliss-reactive ketones (excluding diaryl/α,β-unsaturated/α-hetero) is 1. The van der Waals surface area contributed by atoms with Crippen molar-refractivity contribution in [1.82, 2.24) is 4.90 Å². The highest BCUT2D eigenvalue weighted by Crippen LogP contribution is 2.26. The van der Waals surface area contributed by atoms with E-state index in [1.54, 1.807) is 25.3 Å². The molecule has 1 saturated heterocycles. The first-order valence-electron chi connectivity index (χ1n) is 9.35. The molecule has 0 atom stereocenters. The molecule has 5 nitrogen and oxygen atoms in total. The zero-order valence-electron chi connectivity index (χ0n) is 16.5. The average molecular weight is 401 g/mol. The zero-order valence-corrected chi connectivity index (χ0v) is 17.3. The molecule has 0 spiro atoms. The Balaban J connectivity index is 1.67. The van der Waals surface area contributed by atoms with Crippen molar-refractivity contribution in [3.8, 4) is 5.75 Å². The summed E-state index contributed by atoms with van der Waals surface area (Å²) in [6.45, 7) is 6.41. The fourth-order valence-electron chi connectivity index (χ4n) is 3.53. The van der Waals surface area contributed by atoms with Crippen molar-refractivity contribution in [2.75, 3.05) is 38.2 Å². The van der Waals surface area contributed by atoms with Crippen LogP contribution in [0, 0.1) is 6.92 Å². The molecule has 0 aliphatic carbocycles. The highest BCUT2D eigenvalue weighted by Gasteiger charge is 2.23. The Morgan fingerprint density at radius 2 is 1.79 bits per heavy atom. The molecule has 148 valence electrons. The van der Waals surface area contributed by atoms with Crippen LogP contribution in [0.5, 0.6) is 5.75 Å². The lowest BCUT2D eigenvalue weighted by atomic mass is 10.0.